The molecule has 1 aliphatic rings. The largest absolute Gasteiger partial charge is 1.00 e. The summed E-state index contributed by atoms with van der Waals surface area (Å²) in [5, 5.41) is 5.92. The molecule has 1 unspecified atom stereocenters. The first-order valence-electron chi connectivity index (χ1n) is 12.5. The molecule has 0 saturated heterocycles. The molecule has 0 aromatic heterocycles. The van der Waals surface area contributed by atoms with Crippen LogP contribution in [0.1, 0.15) is 25.0 Å². The first-order valence-corrected chi connectivity index (χ1v) is 15.3. The number of hydrogen-bond donors (Lipinski definition) is 3. The van der Waals surface area contributed by atoms with Crippen molar-refractivity contribution in [2.24, 2.45) is 17.2 Å². The number of likely N-dealkylation sites (N-methyl/N-ethyl adjacent to an activating group) is 1. The van der Waals surface area contributed by atoms with E-state index in [1.165, 1.54) is 24.3 Å². The Kier molecular flexibility index (Phi) is 15.6. The fraction of sp³-hybridized carbons (Fsp3) is 0.185. The second-order valence-corrected chi connectivity index (χ2v) is 11.4. The molecule has 4 rings (SSSR count). The summed E-state index contributed by atoms with van der Waals surface area (Å²) in [4.78, 5) is -2.07. The standard InChI is InChI=1S/C14H12O6S2.C13H22N6.2Na/c15-21(16,17)13-8-4-7-12(14(13)22(18,19)20)10-9-11-5-2-1-3-6-11;1-3-17-12(15)11(14)13(16)19(18(17)4-2)10-8-6-5-7-9-10;;/h1-10H,(H,15,16,17)(H,18,19,20);5-9,12H,3-4,14-16H2,1-2H3;;/q;;2*+1/p-2. The van der Waals surface area contributed by atoms with E-state index in [4.69, 9.17) is 17.2 Å². The molecule has 1 heterocycles. The molecule has 1 aliphatic heterocycles. The van der Waals surface area contributed by atoms with Crippen molar-refractivity contribution in [3.8, 4) is 0 Å². The van der Waals surface area contributed by atoms with Crippen LogP contribution >= 0.6 is 0 Å². The van der Waals surface area contributed by atoms with Crippen molar-refractivity contribution < 1.29 is 85.1 Å². The van der Waals surface area contributed by atoms with Gasteiger partial charge < -0.3 is 26.3 Å². The molecule has 3 aromatic carbocycles. The minimum absolute atomic E-state index is 0. The average Bonchev–Trinajstić information content (AvgIpc) is 2.94. The van der Waals surface area contributed by atoms with Crippen LogP contribution in [-0.4, -0.2) is 55.3 Å². The average molecular weight is 647 g/mol. The Morgan fingerprint density at radius 1 is 0.767 bits per heavy atom. The number of rotatable bonds is 7. The molecule has 16 heteroatoms. The number of benzene rings is 3. The minimum atomic E-state index is -5.13. The van der Waals surface area contributed by atoms with Gasteiger partial charge in [-0.3, -0.25) is 0 Å². The van der Waals surface area contributed by atoms with E-state index in [1.807, 2.05) is 52.4 Å². The van der Waals surface area contributed by atoms with Gasteiger partial charge >= 0.3 is 59.1 Å². The third kappa shape index (κ3) is 9.86. The maximum atomic E-state index is 11.3. The van der Waals surface area contributed by atoms with Crippen molar-refractivity contribution in [1.29, 1.82) is 0 Å². The first kappa shape index (κ1) is 39.3. The summed E-state index contributed by atoms with van der Waals surface area (Å²) in [5.41, 5.74) is 20.4. The Balaban J connectivity index is 0.000000415. The Labute approximate surface area is 297 Å². The fourth-order valence-corrected chi connectivity index (χ4v) is 6.16. The zero-order valence-electron chi connectivity index (χ0n) is 24.5. The molecule has 0 amide bonds. The van der Waals surface area contributed by atoms with E-state index in [2.05, 4.69) is 6.92 Å². The maximum absolute atomic E-state index is 11.3. The Hall–Kier alpha value is -1.76. The number of para-hydroxylation sites is 1. The molecule has 220 valence electrons. The van der Waals surface area contributed by atoms with E-state index >= 15 is 0 Å². The van der Waals surface area contributed by atoms with Crippen molar-refractivity contribution >= 4 is 38.1 Å². The van der Waals surface area contributed by atoms with Gasteiger partial charge in [0.05, 0.1) is 21.2 Å². The fourth-order valence-electron chi connectivity index (χ4n) is 4.22. The van der Waals surface area contributed by atoms with E-state index in [0.717, 1.165) is 24.8 Å². The predicted molar refractivity (Wildman–Crippen MR) is 155 cm³/mol. The second kappa shape index (κ2) is 17.1. The van der Waals surface area contributed by atoms with Gasteiger partial charge in [-0.2, -0.15) is 0 Å². The van der Waals surface area contributed by atoms with Crippen molar-refractivity contribution in [3.63, 3.8) is 0 Å². The molecule has 43 heavy (non-hydrogen) atoms. The second-order valence-electron chi connectivity index (χ2n) is 8.70. The van der Waals surface area contributed by atoms with Crippen molar-refractivity contribution in [1.82, 2.24) is 10.1 Å². The number of hydrogen-bond acceptors (Lipinski definition) is 12. The van der Waals surface area contributed by atoms with E-state index in [9.17, 15) is 25.9 Å². The molecule has 0 saturated carbocycles. The maximum Gasteiger partial charge on any atom is 1.00 e. The number of nitrogens with two attached hydrogens (primary N) is 3. The Bertz CT molecular complexity index is 1630. The van der Waals surface area contributed by atoms with Crippen LogP contribution < -0.4 is 81.3 Å². The number of hydrazine groups is 2. The van der Waals surface area contributed by atoms with Gasteiger partial charge in [0.1, 0.15) is 32.2 Å². The van der Waals surface area contributed by atoms with E-state index < -0.39 is 30.0 Å². The molecule has 0 fully saturated rings. The van der Waals surface area contributed by atoms with Crippen molar-refractivity contribution in [3.05, 3.63) is 102 Å². The van der Waals surface area contributed by atoms with E-state index in [1.54, 1.807) is 30.3 Å². The zero-order valence-corrected chi connectivity index (χ0v) is 30.1. The van der Waals surface area contributed by atoms with Crippen LogP contribution in [0.15, 0.2) is 100 Å². The first-order chi connectivity index (χ1) is 19.3. The quantitative estimate of drug-likeness (QED) is 0.128. The normalized spacial score (nSPS) is 16.2. The van der Waals surface area contributed by atoms with E-state index in [0.29, 0.717) is 17.1 Å². The summed E-state index contributed by atoms with van der Waals surface area (Å²) in [6.45, 7) is 5.61. The summed E-state index contributed by atoms with van der Waals surface area (Å²) in [7, 11) is -10.2. The van der Waals surface area contributed by atoms with Gasteiger partial charge in [0, 0.05) is 13.1 Å². The molecular formula is C27H32N6Na2O6S2. The van der Waals surface area contributed by atoms with Gasteiger partial charge in [0.15, 0.2) is 0 Å². The van der Waals surface area contributed by atoms with Gasteiger partial charge in [-0.25, -0.2) is 26.9 Å². The minimum Gasteiger partial charge on any atom is -0.744 e. The monoisotopic (exact) mass is 646 g/mol. The van der Waals surface area contributed by atoms with E-state index in [-0.39, 0.29) is 70.8 Å². The molecular weight excluding hydrogens is 614 g/mol. The van der Waals surface area contributed by atoms with Gasteiger partial charge in [0.2, 0.25) is 0 Å². The van der Waals surface area contributed by atoms with Gasteiger partial charge in [0.25, 0.3) is 0 Å². The van der Waals surface area contributed by atoms with Crippen LogP contribution in [-0.2, 0) is 20.2 Å². The third-order valence-corrected chi connectivity index (χ3v) is 8.05. The van der Waals surface area contributed by atoms with Gasteiger partial charge in [-0.1, -0.05) is 79.7 Å². The molecule has 0 aliphatic carbocycles. The predicted octanol–water partition coefficient (Wildman–Crippen LogP) is -3.98. The van der Waals surface area contributed by atoms with Crippen LogP contribution in [0.25, 0.3) is 12.2 Å². The summed E-state index contributed by atoms with van der Waals surface area (Å²) in [6.07, 6.45) is 2.39. The Morgan fingerprint density at radius 3 is 1.81 bits per heavy atom. The summed E-state index contributed by atoms with van der Waals surface area (Å²) < 4.78 is 67.5. The third-order valence-electron chi connectivity index (χ3n) is 6.08. The molecule has 12 nitrogen and oxygen atoms in total. The molecule has 0 spiro atoms. The van der Waals surface area contributed by atoms with Crippen LogP contribution in [0, 0.1) is 0 Å². The van der Waals surface area contributed by atoms with Crippen LogP contribution in [0.5, 0.6) is 0 Å². The molecule has 1 atom stereocenters. The number of anilines is 1. The van der Waals surface area contributed by atoms with Crippen LogP contribution in [0.2, 0.25) is 0 Å². The van der Waals surface area contributed by atoms with Crippen LogP contribution in [0.3, 0.4) is 0 Å². The smallest absolute Gasteiger partial charge is 0.744 e. The summed E-state index contributed by atoms with van der Waals surface area (Å²) >= 11 is 0. The van der Waals surface area contributed by atoms with Gasteiger partial charge in [-0.05, 0) is 36.2 Å². The topological polar surface area (TPSA) is 202 Å². The molecule has 3 aromatic rings. The zero-order chi connectivity index (χ0) is 30.4. The summed E-state index contributed by atoms with van der Waals surface area (Å²) in [5.74, 6) is 0.491. The van der Waals surface area contributed by atoms with Gasteiger partial charge in [-0.15, -0.1) is 5.12 Å². The molecule has 0 bridgehead atoms. The molecule has 0 radical (unpaired) electrons. The SMILES string of the molecule is CCN1C(N)C(N)=C(N)N(c2ccccc2)N1CC.O=S(=O)([O-])c1cccc(C=Cc2ccccc2)c1S(=O)(=O)[O-].[Na+].[Na+]. The summed E-state index contributed by atoms with van der Waals surface area (Å²) in [6, 6.07) is 21.9. The number of nitrogens with zero attached hydrogens (tertiary/aromatic N) is 3. The Morgan fingerprint density at radius 2 is 1.33 bits per heavy atom. The van der Waals surface area contributed by atoms with Crippen molar-refractivity contribution in [2.75, 3.05) is 18.1 Å². The van der Waals surface area contributed by atoms with Crippen molar-refractivity contribution in [2.45, 2.75) is 29.8 Å². The van der Waals surface area contributed by atoms with Crippen LogP contribution in [0.4, 0.5) is 5.69 Å². The molecule has 6 N–H and O–H groups in total.